The van der Waals surface area contributed by atoms with Crippen LogP contribution in [0.15, 0.2) is 34.9 Å². The molecule has 89 valence electrons. The number of unbranched alkanes of at least 4 members (excludes halogenated alkanes) is 2. The van der Waals surface area contributed by atoms with Gasteiger partial charge in [-0.25, -0.2) is 0 Å². The van der Waals surface area contributed by atoms with E-state index < -0.39 is 0 Å². The van der Waals surface area contributed by atoms with Crippen molar-refractivity contribution < 1.29 is 9.26 Å². The zero-order valence-corrected chi connectivity index (χ0v) is 9.98. The molecule has 3 nitrogen and oxygen atoms in total. The molecule has 0 atom stereocenters. The van der Waals surface area contributed by atoms with E-state index in [4.69, 9.17) is 9.26 Å². The van der Waals surface area contributed by atoms with Crippen LogP contribution in [0.2, 0.25) is 0 Å². The first kappa shape index (κ1) is 11.7. The van der Waals surface area contributed by atoms with Gasteiger partial charge in [0.05, 0.1) is 12.2 Å². The Bertz CT molecular complexity index is 436. The van der Waals surface area contributed by atoms with Gasteiger partial charge < -0.3 is 9.26 Å². The number of hydrogen-bond acceptors (Lipinski definition) is 3. The highest BCUT2D eigenvalue weighted by Crippen LogP contribution is 2.28. The first-order valence-electron chi connectivity index (χ1n) is 5.97. The van der Waals surface area contributed by atoms with Gasteiger partial charge in [-0.15, -0.1) is 0 Å². The Hall–Kier alpha value is -1.77. The number of benzene rings is 1. The second-order valence-corrected chi connectivity index (χ2v) is 3.88. The summed E-state index contributed by atoms with van der Waals surface area (Å²) in [6.45, 7) is 2.83. The standard InChI is InChI=1S/C14H16NO2/c1-2-3-7-10-16-14-13(11-15-17-14)12-8-5-4-6-9-12/h4-6,8-9H,2-3,7,10H2,1H3. The molecule has 1 heterocycles. The maximum atomic E-state index is 5.57. The third kappa shape index (κ3) is 3.09. The second kappa shape index (κ2) is 6.09. The van der Waals surface area contributed by atoms with E-state index in [-0.39, 0.29) is 0 Å². The number of aromatic nitrogens is 1. The molecule has 0 aliphatic rings. The number of ether oxygens (including phenoxy) is 1. The summed E-state index contributed by atoms with van der Waals surface area (Å²) in [5.41, 5.74) is 1.81. The van der Waals surface area contributed by atoms with Gasteiger partial charge in [-0.3, -0.25) is 0 Å². The fraction of sp³-hybridized carbons (Fsp3) is 0.357. The molecule has 17 heavy (non-hydrogen) atoms. The molecule has 0 saturated carbocycles. The lowest BCUT2D eigenvalue weighted by Crippen LogP contribution is -1.96. The largest absolute Gasteiger partial charge is 0.463 e. The lowest BCUT2D eigenvalue weighted by Gasteiger charge is -2.03. The first-order chi connectivity index (χ1) is 8.42. The van der Waals surface area contributed by atoms with Crippen LogP contribution in [0.5, 0.6) is 5.95 Å². The van der Waals surface area contributed by atoms with Crippen LogP contribution >= 0.6 is 0 Å². The molecule has 0 saturated heterocycles. The summed E-state index contributed by atoms with van der Waals surface area (Å²) in [6, 6.07) is 9.89. The summed E-state index contributed by atoms with van der Waals surface area (Å²) >= 11 is 0. The normalized spacial score (nSPS) is 10.4. The zero-order chi connectivity index (χ0) is 11.9. The molecule has 0 unspecified atom stereocenters. The van der Waals surface area contributed by atoms with Crippen molar-refractivity contribution in [2.24, 2.45) is 0 Å². The van der Waals surface area contributed by atoms with E-state index in [1.165, 1.54) is 12.8 Å². The van der Waals surface area contributed by atoms with Gasteiger partial charge in [0.1, 0.15) is 6.20 Å². The maximum absolute atomic E-state index is 5.57. The van der Waals surface area contributed by atoms with E-state index in [1.54, 1.807) is 0 Å². The van der Waals surface area contributed by atoms with Crippen molar-refractivity contribution >= 4 is 0 Å². The second-order valence-electron chi connectivity index (χ2n) is 3.88. The van der Waals surface area contributed by atoms with Crippen molar-refractivity contribution in [2.45, 2.75) is 26.2 Å². The molecule has 0 N–H and O–H groups in total. The van der Waals surface area contributed by atoms with Gasteiger partial charge in [0.2, 0.25) is 0 Å². The van der Waals surface area contributed by atoms with Crippen molar-refractivity contribution in [3.63, 3.8) is 0 Å². The summed E-state index contributed by atoms with van der Waals surface area (Å²) in [7, 11) is 0. The van der Waals surface area contributed by atoms with Crippen molar-refractivity contribution in [1.82, 2.24) is 5.16 Å². The summed E-state index contributed by atoms with van der Waals surface area (Å²) < 4.78 is 10.6. The van der Waals surface area contributed by atoms with E-state index in [2.05, 4.69) is 18.3 Å². The average Bonchev–Trinajstić information content (AvgIpc) is 2.84. The van der Waals surface area contributed by atoms with E-state index in [0.29, 0.717) is 12.6 Å². The topological polar surface area (TPSA) is 35.3 Å². The highest BCUT2D eigenvalue weighted by molar-refractivity contribution is 5.66. The van der Waals surface area contributed by atoms with Crippen LogP contribution < -0.4 is 4.74 Å². The molecule has 0 aliphatic heterocycles. The molecule has 0 bridgehead atoms. The lowest BCUT2D eigenvalue weighted by atomic mass is 10.1. The van der Waals surface area contributed by atoms with Gasteiger partial charge in [-0.05, 0) is 12.0 Å². The molecule has 1 aromatic carbocycles. The lowest BCUT2D eigenvalue weighted by molar-refractivity contribution is 0.210. The zero-order valence-electron chi connectivity index (χ0n) is 9.98. The summed E-state index contributed by atoms with van der Waals surface area (Å²) in [6.07, 6.45) is 6.20. The van der Waals surface area contributed by atoms with Gasteiger partial charge >= 0.3 is 5.95 Å². The van der Waals surface area contributed by atoms with E-state index in [0.717, 1.165) is 17.5 Å². The van der Waals surface area contributed by atoms with Crippen LogP contribution in [-0.4, -0.2) is 11.8 Å². The summed E-state index contributed by atoms with van der Waals surface area (Å²) in [5.74, 6) is 0.465. The minimum Gasteiger partial charge on any atom is -0.463 e. The molecule has 1 aromatic heterocycles. The van der Waals surface area contributed by atoms with Crippen LogP contribution in [-0.2, 0) is 0 Å². The van der Waals surface area contributed by atoms with Crippen LogP contribution in [0.4, 0.5) is 0 Å². The molecular formula is C14H16NO2. The predicted molar refractivity (Wildman–Crippen MR) is 65.8 cm³/mol. The quantitative estimate of drug-likeness (QED) is 0.709. The van der Waals surface area contributed by atoms with Crippen molar-refractivity contribution in [3.8, 4) is 17.1 Å². The van der Waals surface area contributed by atoms with Crippen LogP contribution in [0.25, 0.3) is 11.1 Å². The average molecular weight is 230 g/mol. The Morgan fingerprint density at radius 1 is 1.24 bits per heavy atom. The van der Waals surface area contributed by atoms with E-state index >= 15 is 0 Å². The molecule has 3 heteroatoms. The van der Waals surface area contributed by atoms with Gasteiger partial charge in [0.25, 0.3) is 0 Å². The number of hydrogen-bond donors (Lipinski definition) is 0. The van der Waals surface area contributed by atoms with Gasteiger partial charge in [-0.1, -0.05) is 55.3 Å². The monoisotopic (exact) mass is 230 g/mol. The van der Waals surface area contributed by atoms with Crippen molar-refractivity contribution in [1.29, 1.82) is 0 Å². The van der Waals surface area contributed by atoms with Gasteiger partial charge in [0.15, 0.2) is 0 Å². The Balaban J connectivity index is 2.02. The molecule has 2 aromatic rings. The minimum atomic E-state index is 0.465. The van der Waals surface area contributed by atoms with Gasteiger partial charge in [0, 0.05) is 0 Å². The number of rotatable bonds is 6. The van der Waals surface area contributed by atoms with Crippen LogP contribution in [0.1, 0.15) is 26.2 Å². The molecular weight excluding hydrogens is 214 g/mol. The Morgan fingerprint density at radius 3 is 2.82 bits per heavy atom. The SMILES string of the molecule is CCCCCOc1on[c]c1-c1ccccc1. The fourth-order valence-electron chi connectivity index (χ4n) is 1.60. The smallest absolute Gasteiger partial charge is 0.319 e. The Morgan fingerprint density at radius 2 is 2.06 bits per heavy atom. The highest BCUT2D eigenvalue weighted by Gasteiger charge is 2.11. The van der Waals surface area contributed by atoms with Crippen LogP contribution in [0.3, 0.4) is 0 Å². The van der Waals surface area contributed by atoms with Gasteiger partial charge in [-0.2, -0.15) is 0 Å². The van der Waals surface area contributed by atoms with Crippen molar-refractivity contribution in [3.05, 3.63) is 36.5 Å². The highest BCUT2D eigenvalue weighted by atomic mass is 16.6. The van der Waals surface area contributed by atoms with E-state index in [9.17, 15) is 0 Å². The number of nitrogens with zero attached hydrogens (tertiary/aromatic N) is 1. The molecule has 2 rings (SSSR count). The van der Waals surface area contributed by atoms with Crippen LogP contribution in [0, 0.1) is 6.20 Å². The third-order valence-corrected chi connectivity index (χ3v) is 2.53. The maximum Gasteiger partial charge on any atom is 0.319 e. The summed E-state index contributed by atoms with van der Waals surface area (Å²) in [4.78, 5) is 0. The molecule has 0 aliphatic carbocycles. The predicted octanol–water partition coefficient (Wildman–Crippen LogP) is 3.71. The summed E-state index contributed by atoms with van der Waals surface area (Å²) in [5, 5.41) is 3.67. The van der Waals surface area contributed by atoms with Crippen molar-refractivity contribution in [2.75, 3.05) is 6.61 Å². The fourth-order valence-corrected chi connectivity index (χ4v) is 1.60. The Kier molecular flexibility index (Phi) is 4.19. The molecule has 0 spiro atoms. The molecule has 0 fully saturated rings. The minimum absolute atomic E-state index is 0.465. The first-order valence-corrected chi connectivity index (χ1v) is 5.97. The molecule has 0 amide bonds. The third-order valence-electron chi connectivity index (χ3n) is 2.53. The molecule has 1 radical (unpaired) electrons. The Labute approximate surface area is 101 Å². The van der Waals surface area contributed by atoms with E-state index in [1.807, 2.05) is 30.3 Å².